The number of hydrogen-bond donors (Lipinski definition) is 1. The van der Waals surface area contributed by atoms with Crippen LogP contribution in [0, 0.1) is 6.92 Å². The number of nitrogens with zero attached hydrogens (tertiary/aromatic N) is 1. The zero-order chi connectivity index (χ0) is 15.2. The Labute approximate surface area is 140 Å². The van der Waals surface area contributed by atoms with Crippen LogP contribution in [0.4, 0.5) is 0 Å². The van der Waals surface area contributed by atoms with Gasteiger partial charge in [0.05, 0.1) is 11.7 Å². The van der Waals surface area contributed by atoms with Gasteiger partial charge in [-0.2, -0.15) is 0 Å². The molecule has 0 aliphatic heterocycles. The maximum Gasteiger partial charge on any atom is 0.0718 e. The number of rotatable bonds is 6. The van der Waals surface area contributed by atoms with Gasteiger partial charge in [0.15, 0.2) is 0 Å². The summed E-state index contributed by atoms with van der Waals surface area (Å²) in [6.07, 6.45) is 3.74. The topological polar surface area (TPSA) is 24.9 Å². The van der Waals surface area contributed by atoms with Crippen LogP contribution in [-0.2, 0) is 6.42 Å². The Hall–Kier alpha value is -0.900. The van der Waals surface area contributed by atoms with Crippen molar-refractivity contribution in [2.45, 2.75) is 32.7 Å². The van der Waals surface area contributed by atoms with Crippen LogP contribution in [0.3, 0.4) is 0 Å². The van der Waals surface area contributed by atoms with Gasteiger partial charge < -0.3 is 5.32 Å². The summed E-state index contributed by atoms with van der Waals surface area (Å²) in [6.45, 7) is 5.17. The number of pyridine rings is 1. The van der Waals surface area contributed by atoms with Gasteiger partial charge in [0.1, 0.15) is 0 Å². The molecule has 2 aromatic rings. The second-order valence-electron chi connectivity index (χ2n) is 5.18. The second kappa shape index (κ2) is 7.92. The Morgan fingerprint density at radius 2 is 2.14 bits per heavy atom. The summed E-state index contributed by atoms with van der Waals surface area (Å²) in [5.41, 5.74) is 3.36. The van der Waals surface area contributed by atoms with Crippen LogP contribution in [0.15, 0.2) is 41.0 Å². The maximum atomic E-state index is 6.37. The minimum absolute atomic E-state index is 0.153. The third kappa shape index (κ3) is 4.53. The van der Waals surface area contributed by atoms with Crippen LogP contribution in [0.1, 0.15) is 36.2 Å². The molecule has 1 atom stereocenters. The van der Waals surface area contributed by atoms with Crippen molar-refractivity contribution in [2.75, 3.05) is 6.54 Å². The molecule has 112 valence electrons. The Balaban J connectivity index is 2.26. The smallest absolute Gasteiger partial charge is 0.0718 e. The van der Waals surface area contributed by atoms with Crippen LogP contribution < -0.4 is 5.32 Å². The predicted octanol–water partition coefficient (Wildman–Crippen LogP) is 5.09. The first kappa shape index (κ1) is 16.5. The SMILES string of the molecule is CCCNC(Cc1ccc(C)cc1Cl)c1ncccc1Br. The first-order valence-electron chi connectivity index (χ1n) is 7.20. The van der Waals surface area contributed by atoms with E-state index in [-0.39, 0.29) is 6.04 Å². The molecule has 2 nitrogen and oxygen atoms in total. The van der Waals surface area contributed by atoms with Crippen LogP contribution in [0.25, 0.3) is 0 Å². The molecule has 0 aliphatic carbocycles. The second-order valence-corrected chi connectivity index (χ2v) is 6.44. The predicted molar refractivity (Wildman–Crippen MR) is 92.9 cm³/mol. The van der Waals surface area contributed by atoms with Crippen molar-refractivity contribution < 1.29 is 0 Å². The fourth-order valence-corrected chi connectivity index (χ4v) is 3.12. The minimum atomic E-state index is 0.153. The Kier molecular flexibility index (Phi) is 6.22. The molecule has 0 saturated carbocycles. The van der Waals surface area contributed by atoms with E-state index in [1.54, 1.807) is 0 Å². The van der Waals surface area contributed by atoms with Crippen LogP contribution in [-0.4, -0.2) is 11.5 Å². The number of aryl methyl sites for hydroxylation is 1. The summed E-state index contributed by atoms with van der Waals surface area (Å²) in [4.78, 5) is 4.52. The van der Waals surface area contributed by atoms with Gasteiger partial charge >= 0.3 is 0 Å². The molecule has 1 aromatic carbocycles. The number of nitrogens with one attached hydrogen (secondary N) is 1. The summed E-state index contributed by atoms with van der Waals surface area (Å²) in [7, 11) is 0. The molecule has 4 heteroatoms. The molecule has 21 heavy (non-hydrogen) atoms. The van der Waals surface area contributed by atoms with Crippen LogP contribution >= 0.6 is 27.5 Å². The van der Waals surface area contributed by atoms with Gasteiger partial charge in [-0.3, -0.25) is 4.98 Å². The van der Waals surface area contributed by atoms with E-state index in [1.165, 1.54) is 5.56 Å². The summed E-state index contributed by atoms with van der Waals surface area (Å²) in [6, 6.07) is 10.3. The highest BCUT2D eigenvalue weighted by Gasteiger charge is 2.17. The molecule has 1 N–H and O–H groups in total. The number of halogens is 2. The molecule has 0 fully saturated rings. The minimum Gasteiger partial charge on any atom is -0.308 e. The summed E-state index contributed by atoms with van der Waals surface area (Å²) < 4.78 is 1.03. The molecular weight excluding hydrogens is 348 g/mol. The van der Waals surface area contributed by atoms with Gasteiger partial charge in [0.25, 0.3) is 0 Å². The number of hydrogen-bond acceptors (Lipinski definition) is 2. The van der Waals surface area contributed by atoms with Crippen molar-refractivity contribution in [3.05, 3.63) is 62.8 Å². The third-order valence-corrected chi connectivity index (χ3v) is 4.41. The van der Waals surface area contributed by atoms with Crippen LogP contribution in [0.2, 0.25) is 5.02 Å². The molecule has 0 spiro atoms. The highest BCUT2D eigenvalue weighted by molar-refractivity contribution is 9.10. The van der Waals surface area contributed by atoms with E-state index in [2.05, 4.69) is 52.2 Å². The zero-order valence-electron chi connectivity index (χ0n) is 12.4. The van der Waals surface area contributed by atoms with E-state index < -0.39 is 0 Å². The first-order chi connectivity index (χ1) is 10.1. The van der Waals surface area contributed by atoms with Crippen LogP contribution in [0.5, 0.6) is 0 Å². The molecule has 1 unspecified atom stereocenters. The maximum absolute atomic E-state index is 6.37. The average Bonchev–Trinajstić information content (AvgIpc) is 2.46. The highest BCUT2D eigenvalue weighted by Crippen LogP contribution is 2.27. The molecule has 0 saturated heterocycles. The molecule has 2 rings (SSSR count). The molecule has 1 aromatic heterocycles. The van der Waals surface area contributed by atoms with Gasteiger partial charge in [0, 0.05) is 15.7 Å². The van der Waals surface area contributed by atoms with E-state index in [0.717, 1.165) is 40.1 Å². The number of aromatic nitrogens is 1. The quantitative estimate of drug-likeness (QED) is 0.769. The summed E-state index contributed by atoms with van der Waals surface area (Å²) >= 11 is 9.97. The van der Waals surface area contributed by atoms with Gasteiger partial charge in [-0.05, 0) is 71.6 Å². The molecule has 0 amide bonds. The van der Waals surface area contributed by atoms with E-state index in [1.807, 2.05) is 24.4 Å². The highest BCUT2D eigenvalue weighted by atomic mass is 79.9. The van der Waals surface area contributed by atoms with Gasteiger partial charge in [-0.1, -0.05) is 30.7 Å². The first-order valence-corrected chi connectivity index (χ1v) is 8.37. The summed E-state index contributed by atoms with van der Waals surface area (Å²) in [5, 5.41) is 4.39. The average molecular weight is 368 g/mol. The standard InChI is InChI=1S/C17H20BrClN2/c1-3-8-20-16(17-14(18)5-4-9-21-17)11-13-7-6-12(2)10-15(13)19/h4-7,9-10,16,20H,3,8,11H2,1-2H3. The fraction of sp³-hybridized carbons (Fsp3) is 0.353. The molecule has 0 radical (unpaired) electrons. The van der Waals surface area contributed by atoms with E-state index in [9.17, 15) is 0 Å². The van der Waals surface area contributed by atoms with Gasteiger partial charge in [-0.15, -0.1) is 0 Å². The normalized spacial score (nSPS) is 12.4. The lowest BCUT2D eigenvalue weighted by atomic mass is 10.0. The lowest BCUT2D eigenvalue weighted by Crippen LogP contribution is -2.25. The Bertz CT molecular complexity index is 601. The third-order valence-electron chi connectivity index (χ3n) is 3.39. The van der Waals surface area contributed by atoms with E-state index >= 15 is 0 Å². The van der Waals surface area contributed by atoms with Gasteiger partial charge in [0.2, 0.25) is 0 Å². The van der Waals surface area contributed by atoms with Crippen molar-refractivity contribution in [3.8, 4) is 0 Å². The van der Waals surface area contributed by atoms with E-state index in [0.29, 0.717) is 0 Å². The number of benzene rings is 1. The summed E-state index contributed by atoms with van der Waals surface area (Å²) in [5.74, 6) is 0. The van der Waals surface area contributed by atoms with Crippen molar-refractivity contribution in [1.82, 2.24) is 10.3 Å². The molecule has 1 heterocycles. The van der Waals surface area contributed by atoms with Crippen molar-refractivity contribution in [1.29, 1.82) is 0 Å². The molecule has 0 bridgehead atoms. The lowest BCUT2D eigenvalue weighted by Gasteiger charge is -2.20. The Morgan fingerprint density at radius 3 is 2.81 bits per heavy atom. The monoisotopic (exact) mass is 366 g/mol. The van der Waals surface area contributed by atoms with Crippen molar-refractivity contribution in [2.24, 2.45) is 0 Å². The van der Waals surface area contributed by atoms with E-state index in [4.69, 9.17) is 11.6 Å². The molecule has 0 aliphatic rings. The van der Waals surface area contributed by atoms with Crippen molar-refractivity contribution >= 4 is 27.5 Å². The lowest BCUT2D eigenvalue weighted by molar-refractivity contribution is 0.516. The fourth-order valence-electron chi connectivity index (χ4n) is 2.28. The zero-order valence-corrected chi connectivity index (χ0v) is 14.7. The molecular formula is C17H20BrClN2. The Morgan fingerprint density at radius 1 is 1.33 bits per heavy atom. The van der Waals surface area contributed by atoms with Gasteiger partial charge in [-0.25, -0.2) is 0 Å². The largest absolute Gasteiger partial charge is 0.308 e. The van der Waals surface area contributed by atoms with Crippen molar-refractivity contribution in [3.63, 3.8) is 0 Å².